The number of rotatable bonds is 5. The maximum Gasteiger partial charge on any atom is 0.407 e. The van der Waals surface area contributed by atoms with Crippen LogP contribution in [0.2, 0.25) is 0 Å². The lowest BCUT2D eigenvalue weighted by molar-refractivity contribution is 0.0486. The Kier molecular flexibility index (Phi) is 6.63. The van der Waals surface area contributed by atoms with Crippen molar-refractivity contribution in [2.45, 2.75) is 77.4 Å². The summed E-state index contributed by atoms with van der Waals surface area (Å²) in [4.78, 5) is 11.7. The molecule has 1 amide bonds. The molecule has 0 aliphatic heterocycles. The predicted octanol–water partition coefficient (Wildman–Crippen LogP) is 3.23. The van der Waals surface area contributed by atoms with E-state index in [1.807, 2.05) is 20.8 Å². The van der Waals surface area contributed by atoms with Crippen LogP contribution in [0.4, 0.5) is 4.79 Å². The van der Waals surface area contributed by atoms with Crippen LogP contribution in [0.5, 0.6) is 0 Å². The topological polar surface area (TPSA) is 58.6 Å². The summed E-state index contributed by atoms with van der Waals surface area (Å²) in [6.07, 6.45) is 7.38. The lowest BCUT2D eigenvalue weighted by atomic mass is 9.83. The Morgan fingerprint density at radius 2 is 1.84 bits per heavy atom. The van der Waals surface area contributed by atoms with E-state index in [-0.39, 0.29) is 12.1 Å². The van der Waals surface area contributed by atoms with Gasteiger partial charge in [-0.15, -0.1) is 0 Å². The van der Waals surface area contributed by atoms with Gasteiger partial charge >= 0.3 is 6.09 Å². The molecule has 2 N–H and O–H groups in total. The first-order valence-corrected chi connectivity index (χ1v) is 7.51. The van der Waals surface area contributed by atoms with E-state index in [1.54, 1.807) is 0 Å². The summed E-state index contributed by atoms with van der Waals surface area (Å²) >= 11 is 0. The molecule has 0 saturated heterocycles. The fourth-order valence-electron chi connectivity index (χ4n) is 2.61. The molecule has 0 spiro atoms. The molecule has 1 aliphatic carbocycles. The molecule has 1 aliphatic rings. The summed E-state index contributed by atoms with van der Waals surface area (Å²) in [5, 5.41) is 11.7. The van der Waals surface area contributed by atoms with Crippen LogP contribution in [-0.4, -0.2) is 29.4 Å². The molecule has 0 aromatic carbocycles. The zero-order chi connectivity index (χ0) is 14.3. The molecule has 19 heavy (non-hydrogen) atoms. The van der Waals surface area contributed by atoms with Gasteiger partial charge in [0.1, 0.15) is 5.60 Å². The van der Waals surface area contributed by atoms with Gasteiger partial charge in [-0.25, -0.2) is 4.79 Å². The number of nitrogens with one attached hydrogen (secondary N) is 1. The Bertz CT molecular complexity index is 265. The zero-order valence-electron chi connectivity index (χ0n) is 12.6. The fraction of sp³-hybridized carbons (Fsp3) is 0.933. The molecule has 0 heterocycles. The summed E-state index contributed by atoms with van der Waals surface area (Å²) in [7, 11) is 0. The lowest BCUT2D eigenvalue weighted by Crippen LogP contribution is -2.40. The average Bonchev–Trinajstić information content (AvgIpc) is 2.29. The van der Waals surface area contributed by atoms with Crippen LogP contribution in [0.25, 0.3) is 0 Å². The molecule has 0 bridgehead atoms. The Morgan fingerprint density at radius 1 is 1.21 bits per heavy atom. The number of hydrogen-bond acceptors (Lipinski definition) is 3. The molecule has 1 rings (SSSR count). The minimum absolute atomic E-state index is 0.268. The molecule has 112 valence electrons. The van der Waals surface area contributed by atoms with Gasteiger partial charge in [-0.3, -0.25) is 0 Å². The van der Waals surface area contributed by atoms with Crippen LogP contribution in [-0.2, 0) is 4.74 Å². The van der Waals surface area contributed by atoms with E-state index in [0.717, 1.165) is 31.6 Å². The second kappa shape index (κ2) is 7.73. The van der Waals surface area contributed by atoms with E-state index in [0.29, 0.717) is 6.61 Å². The molecular weight excluding hydrogens is 242 g/mol. The van der Waals surface area contributed by atoms with Gasteiger partial charge in [0.2, 0.25) is 0 Å². The van der Waals surface area contributed by atoms with Gasteiger partial charge in [-0.05, 0) is 58.8 Å². The Hall–Kier alpha value is -0.770. The van der Waals surface area contributed by atoms with Crippen molar-refractivity contribution in [1.29, 1.82) is 0 Å². The van der Waals surface area contributed by atoms with Crippen LogP contribution in [0.3, 0.4) is 0 Å². The first kappa shape index (κ1) is 16.3. The molecule has 0 aromatic rings. The zero-order valence-corrected chi connectivity index (χ0v) is 12.6. The van der Waals surface area contributed by atoms with Crippen molar-refractivity contribution in [3.63, 3.8) is 0 Å². The molecule has 0 radical (unpaired) electrons. The number of aliphatic hydroxyl groups is 1. The average molecular weight is 271 g/mol. The van der Waals surface area contributed by atoms with Crippen molar-refractivity contribution in [2.75, 3.05) is 6.61 Å². The molecule has 0 aromatic heterocycles. The van der Waals surface area contributed by atoms with Crippen molar-refractivity contribution in [2.24, 2.45) is 5.92 Å². The van der Waals surface area contributed by atoms with E-state index < -0.39 is 5.60 Å². The molecular formula is C15H29NO3. The minimum Gasteiger partial charge on any atom is -0.444 e. The van der Waals surface area contributed by atoms with E-state index in [4.69, 9.17) is 9.84 Å². The monoisotopic (exact) mass is 271 g/mol. The van der Waals surface area contributed by atoms with Crippen LogP contribution >= 0.6 is 0 Å². The third kappa shape index (κ3) is 7.41. The quantitative estimate of drug-likeness (QED) is 0.755. The van der Waals surface area contributed by atoms with Crippen molar-refractivity contribution in [3.05, 3.63) is 0 Å². The van der Waals surface area contributed by atoms with Gasteiger partial charge < -0.3 is 15.2 Å². The number of carbonyl (C=O) groups excluding carboxylic acids is 1. The Morgan fingerprint density at radius 3 is 2.37 bits per heavy atom. The molecule has 1 saturated carbocycles. The van der Waals surface area contributed by atoms with Gasteiger partial charge in [0.25, 0.3) is 0 Å². The largest absolute Gasteiger partial charge is 0.444 e. The number of alkyl carbamates (subject to hydrolysis) is 1. The van der Waals surface area contributed by atoms with Crippen LogP contribution < -0.4 is 5.32 Å². The predicted molar refractivity (Wildman–Crippen MR) is 76.1 cm³/mol. The Labute approximate surface area is 116 Å². The van der Waals surface area contributed by atoms with Gasteiger partial charge in [0.05, 0.1) is 0 Å². The van der Waals surface area contributed by atoms with E-state index in [2.05, 4.69) is 5.32 Å². The van der Waals surface area contributed by atoms with E-state index >= 15 is 0 Å². The van der Waals surface area contributed by atoms with Crippen LogP contribution in [0.15, 0.2) is 0 Å². The van der Waals surface area contributed by atoms with Crippen molar-refractivity contribution in [3.8, 4) is 0 Å². The fourth-order valence-corrected chi connectivity index (χ4v) is 2.61. The maximum absolute atomic E-state index is 11.7. The Balaban J connectivity index is 2.17. The van der Waals surface area contributed by atoms with Gasteiger partial charge in [0, 0.05) is 12.6 Å². The normalized spacial score (nSPS) is 24.0. The van der Waals surface area contributed by atoms with Crippen molar-refractivity contribution in [1.82, 2.24) is 5.32 Å². The number of hydrogen-bond donors (Lipinski definition) is 2. The summed E-state index contributed by atoms with van der Waals surface area (Å²) in [5.41, 5.74) is -0.425. The highest BCUT2D eigenvalue weighted by Gasteiger charge is 2.24. The molecule has 0 unspecified atom stereocenters. The summed E-state index contributed by atoms with van der Waals surface area (Å²) in [5.74, 6) is 0.767. The van der Waals surface area contributed by atoms with Crippen LogP contribution in [0, 0.1) is 5.92 Å². The smallest absolute Gasteiger partial charge is 0.407 e. The maximum atomic E-state index is 11.7. The van der Waals surface area contributed by atoms with E-state index in [9.17, 15) is 4.79 Å². The van der Waals surface area contributed by atoms with Gasteiger partial charge in [0.15, 0.2) is 0 Å². The molecule has 4 heteroatoms. The molecule has 1 fully saturated rings. The standard InChI is InChI=1S/C15H29NO3/c1-15(2,3)19-14(18)16-13-9-7-12(8-10-13)6-4-5-11-17/h12-13,17H,4-11H2,1-3H3,(H,16,18)/t12-,13-. The van der Waals surface area contributed by atoms with Crippen LogP contribution in [0.1, 0.15) is 65.7 Å². The lowest BCUT2D eigenvalue weighted by Gasteiger charge is -2.30. The second-order valence-electron chi connectivity index (χ2n) is 6.58. The SMILES string of the molecule is CC(C)(C)OC(=O)N[C@H]1CC[C@H](CCCCO)CC1. The van der Waals surface area contributed by atoms with Crippen molar-refractivity contribution >= 4 is 6.09 Å². The summed E-state index contributed by atoms with van der Waals surface area (Å²) in [6.45, 7) is 5.94. The third-order valence-corrected chi connectivity index (χ3v) is 3.59. The molecule has 0 atom stereocenters. The number of aliphatic hydroxyl groups excluding tert-OH is 1. The molecule has 4 nitrogen and oxygen atoms in total. The van der Waals surface area contributed by atoms with Crippen molar-refractivity contribution < 1.29 is 14.6 Å². The number of ether oxygens (including phenoxy) is 1. The highest BCUT2D eigenvalue weighted by Crippen LogP contribution is 2.28. The summed E-state index contributed by atoms with van der Waals surface area (Å²) < 4.78 is 5.27. The van der Waals surface area contributed by atoms with Gasteiger partial charge in [-0.1, -0.05) is 12.8 Å². The minimum atomic E-state index is -0.425. The van der Waals surface area contributed by atoms with Gasteiger partial charge in [-0.2, -0.15) is 0 Å². The summed E-state index contributed by atoms with van der Waals surface area (Å²) in [6, 6.07) is 0.268. The number of carbonyl (C=O) groups is 1. The third-order valence-electron chi connectivity index (χ3n) is 3.59. The highest BCUT2D eigenvalue weighted by atomic mass is 16.6. The highest BCUT2D eigenvalue weighted by molar-refractivity contribution is 5.68. The van der Waals surface area contributed by atoms with E-state index in [1.165, 1.54) is 19.3 Å². The number of unbranched alkanes of at least 4 members (excludes halogenated alkanes) is 1. The number of amides is 1. The first-order chi connectivity index (χ1) is 8.90. The first-order valence-electron chi connectivity index (χ1n) is 7.51. The second-order valence-corrected chi connectivity index (χ2v) is 6.58.